The Balaban J connectivity index is 0.980. The van der Waals surface area contributed by atoms with Crippen molar-refractivity contribution >= 4 is 48.4 Å². The number of carbonyl (C=O) groups excluding carboxylic acids is 3. The van der Waals surface area contributed by atoms with Gasteiger partial charge >= 0.3 is 12.2 Å². The van der Waals surface area contributed by atoms with Gasteiger partial charge in [0.05, 0.1) is 77.7 Å². The molecule has 3 N–H and O–H groups in total. The molecule has 1 saturated carbocycles. The lowest BCUT2D eigenvalue weighted by Gasteiger charge is -2.30. The number of aromatic nitrogens is 6. The Morgan fingerprint density at radius 2 is 1.67 bits per heavy atom. The lowest BCUT2D eigenvalue weighted by molar-refractivity contribution is -0.135. The number of aromatic amines is 2. The van der Waals surface area contributed by atoms with Gasteiger partial charge in [-0.05, 0) is 88.7 Å². The van der Waals surface area contributed by atoms with E-state index in [0.29, 0.717) is 59.1 Å². The third-order valence-electron chi connectivity index (χ3n) is 13.1. The number of hydrogen-bond acceptors (Lipinski definition) is 10. The fourth-order valence-electron chi connectivity index (χ4n) is 9.74. The summed E-state index contributed by atoms with van der Waals surface area (Å²) in [5.74, 6) is 1.34. The molecule has 2 saturated heterocycles. The summed E-state index contributed by atoms with van der Waals surface area (Å²) in [4.78, 5) is 65.1. The Hall–Kier alpha value is -6.01. The predicted molar refractivity (Wildman–Crippen MR) is 251 cm³/mol. The molecule has 10 rings (SSSR count). The molecule has 66 heavy (non-hydrogen) atoms. The molecular weight excluding hydrogens is 878 g/mol. The summed E-state index contributed by atoms with van der Waals surface area (Å²) in [6, 6.07) is 11.1. The van der Waals surface area contributed by atoms with Gasteiger partial charge in [-0.2, -0.15) is 0 Å². The van der Waals surface area contributed by atoms with E-state index < -0.39 is 37.9 Å². The van der Waals surface area contributed by atoms with E-state index in [2.05, 4.69) is 39.0 Å². The molecule has 4 atom stereocenters. The summed E-state index contributed by atoms with van der Waals surface area (Å²) in [6.07, 6.45) is 8.16. The average molecular weight is 934 g/mol. The molecule has 3 aliphatic heterocycles. The summed E-state index contributed by atoms with van der Waals surface area (Å²) < 4.78 is 36.4. The average Bonchev–Trinajstić information content (AvgIpc) is 3.94. The number of ether oxygens (including phenoxy) is 3. The first kappa shape index (κ1) is 43.9. The highest BCUT2D eigenvalue weighted by Gasteiger charge is 2.45. The number of likely N-dealkylation sites (tertiary alicyclic amines) is 1. The Morgan fingerprint density at radius 1 is 0.939 bits per heavy atom. The monoisotopic (exact) mass is 933 g/mol. The number of amides is 3. The number of H-pyrrole nitrogens is 2. The van der Waals surface area contributed by atoms with Gasteiger partial charge in [-0.3, -0.25) is 9.36 Å². The molecule has 0 radical (unpaired) electrons. The molecule has 3 fully saturated rings. The van der Waals surface area contributed by atoms with Crippen molar-refractivity contribution in [2.24, 2.45) is 5.92 Å². The molecule has 4 aromatic heterocycles. The van der Waals surface area contributed by atoms with Crippen molar-refractivity contribution in [1.82, 2.24) is 44.6 Å². The maximum atomic E-state index is 16.9. The van der Waals surface area contributed by atoms with Crippen molar-refractivity contribution in [3.05, 3.63) is 82.3 Å². The van der Waals surface area contributed by atoms with Crippen LogP contribution in [-0.4, -0.2) is 96.9 Å². The van der Waals surface area contributed by atoms with Crippen LogP contribution in [0.4, 0.5) is 14.0 Å². The number of nitrogens with one attached hydrogen (secondary N) is 3. The van der Waals surface area contributed by atoms with E-state index in [1.807, 2.05) is 76.2 Å². The molecule has 1 aliphatic carbocycles. The highest BCUT2D eigenvalue weighted by Crippen LogP contribution is 2.50. The van der Waals surface area contributed by atoms with E-state index >= 15 is 4.39 Å². The van der Waals surface area contributed by atoms with Crippen molar-refractivity contribution in [2.75, 3.05) is 19.8 Å². The zero-order valence-electron chi connectivity index (χ0n) is 38.5. The van der Waals surface area contributed by atoms with Crippen LogP contribution in [0, 0.1) is 11.7 Å². The molecule has 0 spiro atoms. The van der Waals surface area contributed by atoms with Crippen LogP contribution in [0.15, 0.2) is 55.0 Å². The molecular formula is C48H56FN9O6SSi. The first-order chi connectivity index (χ1) is 31.4. The van der Waals surface area contributed by atoms with Gasteiger partial charge in [0, 0.05) is 41.3 Å². The number of nitrogens with zero attached hydrogens (tertiary/aromatic N) is 6. The molecule has 15 nitrogen and oxygen atoms in total. The summed E-state index contributed by atoms with van der Waals surface area (Å²) in [5, 5.41) is 4.67. The van der Waals surface area contributed by atoms with Crippen LogP contribution >= 0.6 is 11.3 Å². The van der Waals surface area contributed by atoms with Gasteiger partial charge in [-0.1, -0.05) is 33.0 Å². The molecule has 0 bridgehead atoms. The molecule has 7 heterocycles. The highest BCUT2D eigenvalue weighted by molar-refractivity contribution is 7.11. The number of methoxy groups -OCH3 is 1. The second-order valence-electron chi connectivity index (χ2n) is 20.3. The van der Waals surface area contributed by atoms with Gasteiger partial charge in [0.25, 0.3) is 0 Å². The quantitative estimate of drug-likeness (QED) is 0.119. The fraction of sp³-hybridized carbons (Fsp3) is 0.458. The third kappa shape index (κ3) is 8.15. The number of benzene rings is 2. The van der Waals surface area contributed by atoms with Gasteiger partial charge in [-0.25, -0.2) is 28.9 Å². The van der Waals surface area contributed by atoms with Crippen molar-refractivity contribution in [2.45, 2.75) is 115 Å². The zero-order valence-corrected chi connectivity index (χ0v) is 40.3. The number of alkyl carbamates (subject to hydrolysis) is 1. The number of hydrogen-bond donors (Lipinski definition) is 3. The van der Waals surface area contributed by atoms with Crippen LogP contribution in [0.25, 0.3) is 44.7 Å². The topological polar surface area (TPSA) is 173 Å². The van der Waals surface area contributed by atoms with E-state index in [1.165, 1.54) is 13.2 Å². The summed E-state index contributed by atoms with van der Waals surface area (Å²) in [6.45, 7) is 14.5. The summed E-state index contributed by atoms with van der Waals surface area (Å²) in [7, 11) is -0.458. The van der Waals surface area contributed by atoms with Crippen LogP contribution in [0.5, 0.6) is 5.75 Å². The Kier molecular flexibility index (Phi) is 10.9. The second-order valence-corrected chi connectivity index (χ2v) is 26.4. The minimum Gasteiger partial charge on any atom is -0.464 e. The van der Waals surface area contributed by atoms with Gasteiger partial charge < -0.3 is 39.3 Å². The van der Waals surface area contributed by atoms with Gasteiger partial charge in [-0.15, -0.1) is 11.3 Å². The number of imidazole rings is 2. The van der Waals surface area contributed by atoms with Crippen LogP contribution in [0.2, 0.25) is 19.1 Å². The van der Waals surface area contributed by atoms with Gasteiger partial charge in [0.2, 0.25) is 12.1 Å². The minimum absolute atomic E-state index is 0.168. The molecule has 4 aliphatic rings. The Labute approximate surface area is 387 Å². The first-order valence-electron chi connectivity index (χ1n) is 22.8. The molecule has 18 heteroatoms. The fourth-order valence-corrected chi connectivity index (χ4v) is 13.7. The van der Waals surface area contributed by atoms with E-state index in [0.717, 1.165) is 63.2 Å². The normalized spacial score (nSPS) is 20.6. The first-order valence-corrected chi connectivity index (χ1v) is 27.0. The van der Waals surface area contributed by atoms with E-state index in [-0.39, 0.29) is 30.0 Å². The van der Waals surface area contributed by atoms with E-state index in [1.54, 1.807) is 22.4 Å². The SMILES string of the molecule is COC(=O)N[C@H](C(=O)N1CCC[C@H]1c1ncc(-c2cc(F)c3c(c2)O[C@@H](c2cnc(C4CC4)s2)n2c-3cc3cc(-c4cnc([C@@H]5C[Si](C)(C)CN5C(=O)OC(C)(C)C)[nH]4)ccc32)[nH]1)C(C)C. The molecule has 2 aromatic carbocycles. The maximum Gasteiger partial charge on any atom is 0.410 e. The number of rotatable bonds is 9. The summed E-state index contributed by atoms with van der Waals surface area (Å²) >= 11 is 1.64. The molecule has 3 amide bonds. The van der Waals surface area contributed by atoms with E-state index in [9.17, 15) is 14.4 Å². The number of fused-ring (bicyclic) bond motifs is 5. The lowest BCUT2D eigenvalue weighted by atomic mass is 10.0. The highest BCUT2D eigenvalue weighted by atomic mass is 32.1. The number of halogens is 1. The van der Waals surface area contributed by atoms with Crippen LogP contribution < -0.4 is 10.1 Å². The van der Waals surface area contributed by atoms with Crippen LogP contribution in [0.3, 0.4) is 0 Å². The van der Waals surface area contributed by atoms with Crippen molar-refractivity contribution in [3.8, 4) is 39.5 Å². The minimum atomic E-state index is -1.73. The second kappa shape index (κ2) is 16.4. The summed E-state index contributed by atoms with van der Waals surface area (Å²) in [5.41, 5.74) is 4.16. The zero-order chi connectivity index (χ0) is 46.4. The molecule has 6 aromatic rings. The van der Waals surface area contributed by atoms with Crippen molar-refractivity contribution in [1.29, 1.82) is 0 Å². The standard InChI is InChI=1S/C48H56FN9O6SSi/c1-25(2)40(55-46(60)62-6)44(59)56-15-9-10-34(56)41-50-21-32(54-41)28-17-30(49)39-35-18-29-16-27(31-20-51-42(53-31)36-23-66(7,8)24-57(36)47(61)64-48(3,4)5)13-14-33(29)58(35)45(63-37(39)19-28)38-22-52-43(65-38)26-11-12-26/h13-14,16-22,25-26,34,36,40,45H,9-12,15,23-24H2,1-8H3,(H,50,54)(H,51,53)(H,55,60)/t34-,36-,40-,45-/m0/s1. The van der Waals surface area contributed by atoms with Gasteiger partial charge in [0.1, 0.15) is 34.9 Å². The largest absolute Gasteiger partial charge is 0.464 e. The Morgan fingerprint density at radius 3 is 2.36 bits per heavy atom. The number of carbonyl (C=O) groups is 3. The van der Waals surface area contributed by atoms with E-state index in [4.69, 9.17) is 29.2 Å². The Bertz CT molecular complexity index is 2870. The smallest absolute Gasteiger partial charge is 0.410 e. The van der Waals surface area contributed by atoms with Crippen molar-refractivity contribution in [3.63, 3.8) is 0 Å². The number of thiazole rings is 1. The molecule has 0 unspecified atom stereocenters. The van der Waals surface area contributed by atoms with Crippen LogP contribution in [0.1, 0.15) is 106 Å². The molecule has 346 valence electrons. The lowest BCUT2D eigenvalue weighted by Crippen LogP contribution is -2.51. The van der Waals surface area contributed by atoms with Crippen molar-refractivity contribution < 1.29 is 33.0 Å². The maximum absolute atomic E-state index is 16.9. The third-order valence-corrected chi connectivity index (χ3v) is 16.9. The predicted octanol–water partition coefficient (Wildman–Crippen LogP) is 10.1. The van der Waals surface area contributed by atoms with Gasteiger partial charge in [0.15, 0.2) is 0 Å². The van der Waals surface area contributed by atoms with Crippen LogP contribution in [-0.2, 0) is 14.3 Å².